The Kier molecular flexibility index (Phi) is 6.54. The molecule has 0 aliphatic heterocycles. The van der Waals surface area contributed by atoms with Gasteiger partial charge in [0.05, 0.1) is 6.54 Å². The molecule has 0 saturated heterocycles. The molecule has 0 fully saturated rings. The molecule has 0 aliphatic carbocycles. The molecule has 1 amide bonds. The Morgan fingerprint density at radius 1 is 1.43 bits per heavy atom. The number of terminal acetylenes is 1. The number of carbonyl (C=O) groups is 1. The fourth-order valence-corrected chi connectivity index (χ4v) is 1.78. The average molecular weight is 309 g/mol. The van der Waals surface area contributed by atoms with Gasteiger partial charge < -0.3 is 15.4 Å². The predicted octanol–water partition coefficient (Wildman–Crippen LogP) is 2.36. The summed E-state index contributed by atoms with van der Waals surface area (Å²) in [6.07, 6.45) is 5.08. The highest BCUT2D eigenvalue weighted by Crippen LogP contribution is 2.26. The largest absolute Gasteiger partial charge is 0.483 e. The van der Waals surface area contributed by atoms with E-state index >= 15 is 0 Å². The number of nitrogens with one attached hydrogen (secondary N) is 2. The lowest BCUT2D eigenvalue weighted by atomic mass is 10.1. The monoisotopic (exact) mass is 308 g/mol. The van der Waals surface area contributed by atoms with E-state index in [1.54, 1.807) is 18.2 Å². The van der Waals surface area contributed by atoms with E-state index in [0.717, 1.165) is 5.56 Å². The average Bonchev–Trinajstić information content (AvgIpc) is 2.40. The molecule has 1 aromatic carbocycles. The lowest BCUT2D eigenvalue weighted by Gasteiger charge is -2.22. The van der Waals surface area contributed by atoms with Crippen LogP contribution in [0.4, 0.5) is 0 Å². The Morgan fingerprint density at radius 2 is 2.14 bits per heavy atom. The third-order valence-corrected chi connectivity index (χ3v) is 2.97. The molecule has 5 heteroatoms. The lowest BCUT2D eigenvalue weighted by molar-refractivity contribution is -0.122. The molecular formula is C16H21ClN2O2. The van der Waals surface area contributed by atoms with E-state index in [1.807, 2.05) is 0 Å². The van der Waals surface area contributed by atoms with Gasteiger partial charge in [-0.2, -0.15) is 0 Å². The van der Waals surface area contributed by atoms with Crippen LogP contribution in [0.2, 0.25) is 5.02 Å². The topological polar surface area (TPSA) is 50.4 Å². The molecule has 4 nitrogen and oxygen atoms in total. The first-order chi connectivity index (χ1) is 9.83. The Labute approximate surface area is 131 Å². The van der Waals surface area contributed by atoms with Gasteiger partial charge >= 0.3 is 0 Å². The number of benzene rings is 1. The third-order valence-electron chi connectivity index (χ3n) is 2.62. The van der Waals surface area contributed by atoms with Crippen molar-refractivity contribution < 1.29 is 9.53 Å². The second-order valence-corrected chi connectivity index (χ2v) is 6.00. The van der Waals surface area contributed by atoms with Gasteiger partial charge in [0.25, 0.3) is 5.91 Å². The Bertz CT molecular complexity index is 530. The maximum atomic E-state index is 11.5. The van der Waals surface area contributed by atoms with Crippen LogP contribution in [0.1, 0.15) is 26.3 Å². The van der Waals surface area contributed by atoms with Crippen molar-refractivity contribution in [2.45, 2.75) is 32.9 Å². The van der Waals surface area contributed by atoms with Gasteiger partial charge in [-0.15, -0.1) is 6.42 Å². The van der Waals surface area contributed by atoms with Gasteiger partial charge in [-0.25, -0.2) is 0 Å². The van der Waals surface area contributed by atoms with Crippen LogP contribution in [-0.4, -0.2) is 24.6 Å². The quantitative estimate of drug-likeness (QED) is 0.793. The van der Waals surface area contributed by atoms with Crippen LogP contribution in [0.25, 0.3) is 0 Å². The van der Waals surface area contributed by atoms with Crippen molar-refractivity contribution in [2.75, 3.05) is 13.2 Å². The van der Waals surface area contributed by atoms with Gasteiger partial charge in [0, 0.05) is 22.7 Å². The van der Waals surface area contributed by atoms with Crippen molar-refractivity contribution in [2.24, 2.45) is 0 Å². The summed E-state index contributed by atoms with van der Waals surface area (Å²) in [6, 6.07) is 5.38. The standard InChI is InChI=1S/C16H21ClN2O2/c1-5-9-18-15(20)11-21-14-8-6-7-13(17)12(14)10-19-16(2,3)4/h1,6-8,19H,9-11H2,2-4H3,(H,18,20). The minimum absolute atomic E-state index is 0.0411. The van der Waals surface area contributed by atoms with E-state index in [9.17, 15) is 4.79 Å². The van der Waals surface area contributed by atoms with E-state index in [0.29, 0.717) is 17.3 Å². The fraction of sp³-hybridized carbons (Fsp3) is 0.438. The summed E-state index contributed by atoms with van der Waals surface area (Å²) in [5, 5.41) is 6.50. The van der Waals surface area contributed by atoms with E-state index in [2.05, 4.69) is 37.3 Å². The van der Waals surface area contributed by atoms with Crippen LogP contribution in [0.3, 0.4) is 0 Å². The molecule has 0 radical (unpaired) electrons. The molecule has 2 N–H and O–H groups in total. The summed E-state index contributed by atoms with van der Waals surface area (Å²) in [7, 11) is 0. The zero-order valence-electron chi connectivity index (χ0n) is 12.6. The first-order valence-corrected chi connectivity index (χ1v) is 7.06. The van der Waals surface area contributed by atoms with Gasteiger partial charge in [0.2, 0.25) is 0 Å². The van der Waals surface area contributed by atoms with Gasteiger partial charge in [-0.05, 0) is 32.9 Å². The highest BCUT2D eigenvalue weighted by atomic mass is 35.5. The van der Waals surface area contributed by atoms with Gasteiger partial charge in [0.1, 0.15) is 5.75 Å². The van der Waals surface area contributed by atoms with Gasteiger partial charge in [0.15, 0.2) is 6.61 Å². The number of hydrogen-bond acceptors (Lipinski definition) is 3. The zero-order valence-corrected chi connectivity index (χ0v) is 13.4. The van der Waals surface area contributed by atoms with Crippen LogP contribution >= 0.6 is 11.6 Å². The van der Waals surface area contributed by atoms with Crippen molar-refractivity contribution in [1.29, 1.82) is 0 Å². The van der Waals surface area contributed by atoms with Gasteiger partial charge in [-0.3, -0.25) is 4.79 Å². The summed E-state index contributed by atoms with van der Waals surface area (Å²) in [5.74, 6) is 2.67. The van der Waals surface area contributed by atoms with Crippen LogP contribution in [0, 0.1) is 12.3 Å². The maximum absolute atomic E-state index is 11.5. The summed E-state index contributed by atoms with van der Waals surface area (Å²) >= 11 is 6.21. The molecule has 114 valence electrons. The van der Waals surface area contributed by atoms with Crippen molar-refractivity contribution in [3.63, 3.8) is 0 Å². The number of ether oxygens (including phenoxy) is 1. The number of hydrogen-bond donors (Lipinski definition) is 2. The second kappa shape index (κ2) is 7.92. The lowest BCUT2D eigenvalue weighted by Crippen LogP contribution is -2.35. The van der Waals surface area contributed by atoms with E-state index in [1.165, 1.54) is 0 Å². The summed E-state index contributed by atoms with van der Waals surface area (Å²) < 4.78 is 5.54. The Morgan fingerprint density at radius 3 is 2.76 bits per heavy atom. The van der Waals surface area contributed by atoms with E-state index in [4.69, 9.17) is 22.8 Å². The van der Waals surface area contributed by atoms with Crippen molar-refractivity contribution in [1.82, 2.24) is 10.6 Å². The van der Waals surface area contributed by atoms with Crippen molar-refractivity contribution >= 4 is 17.5 Å². The second-order valence-electron chi connectivity index (χ2n) is 5.59. The van der Waals surface area contributed by atoms with Crippen LogP contribution in [-0.2, 0) is 11.3 Å². The molecule has 21 heavy (non-hydrogen) atoms. The summed E-state index contributed by atoms with van der Waals surface area (Å²) in [4.78, 5) is 11.5. The normalized spacial score (nSPS) is 10.8. The SMILES string of the molecule is C#CCNC(=O)COc1cccc(Cl)c1CNC(C)(C)C. The molecule has 0 atom stereocenters. The molecule has 0 aromatic heterocycles. The molecule has 0 heterocycles. The molecule has 1 rings (SSSR count). The van der Waals surface area contributed by atoms with E-state index < -0.39 is 0 Å². The number of amides is 1. The first-order valence-electron chi connectivity index (χ1n) is 6.69. The van der Waals surface area contributed by atoms with Crippen LogP contribution in [0.15, 0.2) is 18.2 Å². The van der Waals surface area contributed by atoms with E-state index in [-0.39, 0.29) is 24.6 Å². The smallest absolute Gasteiger partial charge is 0.258 e. The summed E-state index contributed by atoms with van der Waals surface area (Å²) in [6.45, 7) is 6.86. The number of carbonyl (C=O) groups excluding carboxylic acids is 1. The predicted molar refractivity (Wildman–Crippen MR) is 85.4 cm³/mol. The van der Waals surface area contributed by atoms with Crippen molar-refractivity contribution in [3.05, 3.63) is 28.8 Å². The molecule has 1 aromatic rings. The Balaban J connectivity index is 2.71. The minimum atomic E-state index is -0.261. The number of halogens is 1. The highest BCUT2D eigenvalue weighted by Gasteiger charge is 2.14. The van der Waals surface area contributed by atoms with Gasteiger partial charge in [-0.1, -0.05) is 23.6 Å². The Hall–Kier alpha value is -1.70. The summed E-state index contributed by atoms with van der Waals surface area (Å²) in [5.41, 5.74) is 0.791. The van der Waals surface area contributed by atoms with Crippen molar-refractivity contribution in [3.8, 4) is 18.1 Å². The molecule has 0 aliphatic rings. The zero-order chi connectivity index (χ0) is 15.9. The van der Waals surface area contributed by atoms with Crippen LogP contribution < -0.4 is 15.4 Å². The maximum Gasteiger partial charge on any atom is 0.258 e. The fourth-order valence-electron chi connectivity index (χ4n) is 1.54. The third kappa shape index (κ3) is 6.52. The minimum Gasteiger partial charge on any atom is -0.483 e. The molecule has 0 saturated carbocycles. The highest BCUT2D eigenvalue weighted by molar-refractivity contribution is 6.31. The molecule has 0 spiro atoms. The first kappa shape index (κ1) is 17.4. The molecule has 0 bridgehead atoms. The molecule has 0 unspecified atom stereocenters. The molecular weight excluding hydrogens is 288 g/mol. The van der Waals surface area contributed by atoms with Crippen LogP contribution in [0.5, 0.6) is 5.75 Å². The number of rotatable bonds is 6.